The number of nitrogens with one attached hydrogen (secondary N) is 1. The largest absolute Gasteiger partial charge is 0.348 e. The van der Waals surface area contributed by atoms with Gasteiger partial charge in [-0.05, 0) is 51.0 Å². The Balaban J connectivity index is 1.68. The van der Waals surface area contributed by atoms with Crippen LogP contribution < -0.4 is 5.32 Å². The molecule has 0 bridgehead atoms. The van der Waals surface area contributed by atoms with Gasteiger partial charge >= 0.3 is 0 Å². The minimum Gasteiger partial charge on any atom is -0.348 e. The maximum atomic E-state index is 12.9. The average molecular weight is 472 g/mol. The Kier molecular flexibility index (Phi) is 6.35. The number of aromatic nitrogens is 1. The van der Waals surface area contributed by atoms with Crippen LogP contribution in [0.25, 0.3) is 0 Å². The summed E-state index contributed by atoms with van der Waals surface area (Å²) in [6.07, 6.45) is 1.35. The molecule has 146 valence electrons. The molecule has 2 aromatic rings. The number of amides is 1. The lowest BCUT2D eigenvalue weighted by Crippen LogP contribution is -2.45. The molecule has 1 amide bonds. The standard InChI is InChI=1S/C18H22BrN3O3S2/c1-12(17-11-26-13(2)21-17)20-18(23)14-4-3-9-22(10-14)27(24,25)16-7-5-15(19)6-8-16/h5-8,11-12,14H,3-4,9-10H2,1-2H3,(H,20,23). The Morgan fingerprint density at radius 3 is 2.70 bits per heavy atom. The predicted octanol–water partition coefficient (Wildman–Crippen LogP) is 3.49. The highest BCUT2D eigenvalue weighted by atomic mass is 79.9. The van der Waals surface area contributed by atoms with Gasteiger partial charge in [0.1, 0.15) is 0 Å². The molecule has 3 rings (SSSR count). The summed E-state index contributed by atoms with van der Waals surface area (Å²) in [6.45, 7) is 4.45. The molecule has 2 atom stereocenters. The molecule has 1 saturated heterocycles. The van der Waals surface area contributed by atoms with Crippen LogP contribution in [-0.2, 0) is 14.8 Å². The number of halogens is 1. The number of benzene rings is 1. The number of hydrogen-bond acceptors (Lipinski definition) is 5. The number of rotatable bonds is 5. The fourth-order valence-electron chi connectivity index (χ4n) is 3.11. The molecule has 9 heteroatoms. The van der Waals surface area contributed by atoms with E-state index in [1.165, 1.54) is 4.31 Å². The molecule has 27 heavy (non-hydrogen) atoms. The van der Waals surface area contributed by atoms with E-state index in [-0.39, 0.29) is 29.3 Å². The zero-order valence-electron chi connectivity index (χ0n) is 15.2. The second kappa shape index (κ2) is 8.38. The molecule has 1 aliphatic rings. The number of aryl methyl sites for hydroxylation is 1. The van der Waals surface area contributed by atoms with Crippen LogP contribution in [-0.4, -0.2) is 36.7 Å². The van der Waals surface area contributed by atoms with Crippen LogP contribution in [0.1, 0.15) is 36.5 Å². The van der Waals surface area contributed by atoms with Gasteiger partial charge in [0.05, 0.1) is 27.6 Å². The summed E-state index contributed by atoms with van der Waals surface area (Å²) in [5.74, 6) is -0.477. The van der Waals surface area contributed by atoms with Crippen LogP contribution in [0.15, 0.2) is 39.0 Å². The van der Waals surface area contributed by atoms with Crippen LogP contribution in [0.5, 0.6) is 0 Å². The second-order valence-corrected chi connectivity index (χ2v) is 10.6. The average Bonchev–Trinajstić information content (AvgIpc) is 3.09. The minimum absolute atomic E-state index is 0.121. The van der Waals surface area contributed by atoms with E-state index in [1.54, 1.807) is 35.6 Å². The first-order chi connectivity index (χ1) is 12.8. The van der Waals surface area contributed by atoms with Crippen LogP contribution in [0, 0.1) is 12.8 Å². The summed E-state index contributed by atoms with van der Waals surface area (Å²) in [7, 11) is -3.60. The smallest absolute Gasteiger partial charge is 0.243 e. The van der Waals surface area contributed by atoms with Gasteiger partial charge in [-0.1, -0.05) is 15.9 Å². The van der Waals surface area contributed by atoms with Crippen LogP contribution in [0.2, 0.25) is 0 Å². The number of carbonyl (C=O) groups excluding carboxylic acids is 1. The van der Waals surface area contributed by atoms with E-state index in [2.05, 4.69) is 26.2 Å². The van der Waals surface area contributed by atoms with Gasteiger partial charge in [0.15, 0.2) is 0 Å². The van der Waals surface area contributed by atoms with E-state index in [4.69, 9.17) is 0 Å². The highest BCUT2D eigenvalue weighted by molar-refractivity contribution is 9.10. The molecule has 2 heterocycles. The fraction of sp³-hybridized carbons (Fsp3) is 0.444. The summed E-state index contributed by atoms with van der Waals surface area (Å²) in [4.78, 5) is 17.3. The Labute approximate surface area is 172 Å². The van der Waals surface area contributed by atoms with Crippen molar-refractivity contribution in [1.29, 1.82) is 0 Å². The molecule has 0 spiro atoms. The number of carbonyl (C=O) groups is 1. The van der Waals surface area contributed by atoms with Gasteiger partial charge < -0.3 is 5.32 Å². The van der Waals surface area contributed by atoms with Crippen molar-refractivity contribution >= 4 is 43.2 Å². The maximum absolute atomic E-state index is 12.9. The second-order valence-electron chi connectivity index (χ2n) is 6.68. The number of sulfonamides is 1. The number of thiazole rings is 1. The highest BCUT2D eigenvalue weighted by Crippen LogP contribution is 2.25. The monoisotopic (exact) mass is 471 g/mol. The zero-order chi connectivity index (χ0) is 19.6. The number of nitrogens with zero attached hydrogens (tertiary/aromatic N) is 2. The molecule has 1 aromatic heterocycles. The summed E-state index contributed by atoms with van der Waals surface area (Å²) < 4.78 is 28.0. The molecule has 1 N–H and O–H groups in total. The highest BCUT2D eigenvalue weighted by Gasteiger charge is 2.33. The third-order valence-electron chi connectivity index (χ3n) is 4.65. The van der Waals surface area contributed by atoms with Crippen molar-refractivity contribution in [3.63, 3.8) is 0 Å². The minimum atomic E-state index is -3.60. The van der Waals surface area contributed by atoms with E-state index in [9.17, 15) is 13.2 Å². The molecule has 0 radical (unpaired) electrons. The van der Waals surface area contributed by atoms with E-state index in [1.807, 2.05) is 19.2 Å². The lowest BCUT2D eigenvalue weighted by atomic mass is 9.98. The van der Waals surface area contributed by atoms with E-state index in [0.29, 0.717) is 19.4 Å². The predicted molar refractivity (Wildman–Crippen MR) is 109 cm³/mol. The Morgan fingerprint density at radius 2 is 2.07 bits per heavy atom. The summed E-state index contributed by atoms with van der Waals surface area (Å²) in [5.41, 5.74) is 0.834. The van der Waals surface area contributed by atoms with Crippen molar-refractivity contribution in [3.05, 3.63) is 44.8 Å². The lowest BCUT2D eigenvalue weighted by Gasteiger charge is -2.31. The van der Waals surface area contributed by atoms with Gasteiger partial charge in [-0.2, -0.15) is 4.31 Å². The Bertz CT molecular complexity index is 912. The molecule has 6 nitrogen and oxygen atoms in total. The van der Waals surface area contributed by atoms with Crippen LogP contribution in [0.3, 0.4) is 0 Å². The van der Waals surface area contributed by atoms with Crippen molar-refractivity contribution < 1.29 is 13.2 Å². The van der Waals surface area contributed by atoms with Crippen LogP contribution >= 0.6 is 27.3 Å². The topological polar surface area (TPSA) is 79.4 Å². The van der Waals surface area contributed by atoms with Crippen molar-refractivity contribution in [2.75, 3.05) is 13.1 Å². The summed E-state index contributed by atoms with van der Waals surface area (Å²) in [6, 6.07) is 6.38. The van der Waals surface area contributed by atoms with Gasteiger partial charge in [0, 0.05) is 22.9 Å². The third-order valence-corrected chi connectivity index (χ3v) is 7.85. The first kappa shape index (κ1) is 20.4. The molecule has 1 aromatic carbocycles. The van der Waals surface area contributed by atoms with E-state index in [0.717, 1.165) is 15.2 Å². The van der Waals surface area contributed by atoms with Gasteiger partial charge in [-0.25, -0.2) is 13.4 Å². The van der Waals surface area contributed by atoms with Gasteiger partial charge in [-0.3, -0.25) is 4.79 Å². The van der Waals surface area contributed by atoms with E-state index >= 15 is 0 Å². The van der Waals surface area contributed by atoms with Crippen molar-refractivity contribution in [3.8, 4) is 0 Å². The third kappa shape index (κ3) is 4.77. The SMILES string of the molecule is Cc1nc(C(C)NC(=O)C2CCCN(S(=O)(=O)c3ccc(Br)cc3)C2)cs1. The van der Waals surface area contributed by atoms with Crippen molar-refractivity contribution in [1.82, 2.24) is 14.6 Å². The summed E-state index contributed by atoms with van der Waals surface area (Å²) >= 11 is 4.86. The van der Waals surface area contributed by atoms with Gasteiger partial charge in [0.25, 0.3) is 0 Å². The van der Waals surface area contributed by atoms with Crippen LogP contribution in [0.4, 0.5) is 0 Å². The zero-order valence-corrected chi connectivity index (χ0v) is 18.4. The maximum Gasteiger partial charge on any atom is 0.243 e. The Hall–Kier alpha value is -1.29. The number of piperidine rings is 1. The fourth-order valence-corrected chi connectivity index (χ4v) is 5.61. The molecule has 1 aliphatic heterocycles. The first-order valence-electron chi connectivity index (χ1n) is 8.75. The molecule has 2 unspecified atom stereocenters. The van der Waals surface area contributed by atoms with E-state index < -0.39 is 10.0 Å². The molecule has 1 fully saturated rings. The summed E-state index contributed by atoms with van der Waals surface area (Å²) in [5, 5.41) is 5.87. The lowest BCUT2D eigenvalue weighted by molar-refractivity contribution is -0.126. The first-order valence-corrected chi connectivity index (χ1v) is 11.9. The quantitative estimate of drug-likeness (QED) is 0.723. The van der Waals surface area contributed by atoms with Crippen molar-refractivity contribution in [2.24, 2.45) is 5.92 Å². The van der Waals surface area contributed by atoms with Gasteiger partial charge in [-0.15, -0.1) is 11.3 Å². The van der Waals surface area contributed by atoms with Gasteiger partial charge in [0.2, 0.25) is 15.9 Å². The molecular formula is C18H22BrN3O3S2. The molecular weight excluding hydrogens is 450 g/mol. The normalized spacial score (nSPS) is 19.6. The molecule has 0 saturated carbocycles. The number of hydrogen-bond donors (Lipinski definition) is 1. The molecule has 0 aliphatic carbocycles. The van der Waals surface area contributed by atoms with Crippen molar-refractivity contribution in [2.45, 2.75) is 37.6 Å². The Morgan fingerprint density at radius 1 is 1.37 bits per heavy atom.